The zero-order chi connectivity index (χ0) is 11.7. The third-order valence-electron chi connectivity index (χ3n) is 2.76. The predicted octanol–water partition coefficient (Wildman–Crippen LogP) is 3.23. The Kier molecular flexibility index (Phi) is 8.44. The Morgan fingerprint density at radius 1 is 1.00 bits per heavy atom. The van der Waals surface area contributed by atoms with Crippen LogP contribution in [0.3, 0.4) is 0 Å². The fraction of sp³-hybridized carbons (Fsp3) is 0.923. The predicted molar refractivity (Wildman–Crippen MR) is 65.4 cm³/mol. The SMILES string of the molecule is CCCC(C)CN([C]=O)CC(C)CCC. The maximum Gasteiger partial charge on any atom is 0.312 e. The zero-order valence-corrected chi connectivity index (χ0v) is 10.8. The van der Waals surface area contributed by atoms with Gasteiger partial charge in [0.05, 0.1) is 0 Å². The van der Waals surface area contributed by atoms with Gasteiger partial charge in [0.2, 0.25) is 0 Å². The van der Waals surface area contributed by atoms with E-state index in [9.17, 15) is 4.79 Å². The highest BCUT2D eigenvalue weighted by Gasteiger charge is 2.11. The fourth-order valence-electron chi connectivity index (χ4n) is 2.07. The second-order valence-electron chi connectivity index (χ2n) is 4.78. The summed E-state index contributed by atoms with van der Waals surface area (Å²) in [6.07, 6.45) is 6.84. The molecule has 1 amide bonds. The van der Waals surface area contributed by atoms with Gasteiger partial charge in [0.1, 0.15) is 0 Å². The van der Waals surface area contributed by atoms with Gasteiger partial charge in [-0.2, -0.15) is 0 Å². The van der Waals surface area contributed by atoms with E-state index in [1.807, 2.05) is 4.90 Å². The summed E-state index contributed by atoms with van der Waals surface area (Å²) in [6, 6.07) is 0. The standard InChI is InChI=1S/C13H26NO/c1-5-7-12(3)9-14(11-15)10-13(4)8-6-2/h12-13H,5-10H2,1-4H3. The third-order valence-corrected chi connectivity index (χ3v) is 2.76. The Morgan fingerprint density at radius 3 is 1.67 bits per heavy atom. The van der Waals surface area contributed by atoms with E-state index >= 15 is 0 Å². The molecule has 0 aromatic heterocycles. The molecule has 0 saturated carbocycles. The van der Waals surface area contributed by atoms with E-state index in [1.165, 1.54) is 25.7 Å². The summed E-state index contributed by atoms with van der Waals surface area (Å²) < 4.78 is 0. The van der Waals surface area contributed by atoms with E-state index in [0.29, 0.717) is 11.8 Å². The maximum atomic E-state index is 10.8. The van der Waals surface area contributed by atoms with E-state index in [0.717, 1.165) is 13.1 Å². The van der Waals surface area contributed by atoms with Crippen LogP contribution in [0, 0.1) is 11.8 Å². The van der Waals surface area contributed by atoms with Crippen molar-refractivity contribution < 1.29 is 4.79 Å². The molecule has 0 fully saturated rings. The van der Waals surface area contributed by atoms with Crippen molar-refractivity contribution in [1.29, 1.82) is 0 Å². The van der Waals surface area contributed by atoms with E-state index in [1.54, 1.807) is 0 Å². The molecule has 15 heavy (non-hydrogen) atoms. The average Bonchev–Trinajstić information content (AvgIpc) is 2.17. The number of nitrogens with zero attached hydrogens (tertiary/aromatic N) is 1. The van der Waals surface area contributed by atoms with Crippen LogP contribution in [0.25, 0.3) is 0 Å². The first-order valence-corrected chi connectivity index (χ1v) is 6.26. The summed E-state index contributed by atoms with van der Waals surface area (Å²) in [5.74, 6) is 1.20. The van der Waals surface area contributed by atoms with Gasteiger partial charge in [0.25, 0.3) is 0 Å². The number of hydrogen-bond acceptors (Lipinski definition) is 1. The minimum Gasteiger partial charge on any atom is -0.334 e. The van der Waals surface area contributed by atoms with Crippen molar-refractivity contribution in [1.82, 2.24) is 4.90 Å². The molecule has 0 aliphatic carbocycles. The Labute approximate surface area is 95.0 Å². The Hall–Kier alpha value is -0.530. The summed E-state index contributed by atoms with van der Waals surface area (Å²) in [6.45, 7) is 10.5. The second-order valence-corrected chi connectivity index (χ2v) is 4.78. The van der Waals surface area contributed by atoms with Crippen LogP contribution in [-0.4, -0.2) is 24.4 Å². The first-order chi connectivity index (χ1) is 7.13. The molecule has 1 radical (unpaired) electrons. The largest absolute Gasteiger partial charge is 0.334 e. The summed E-state index contributed by atoms with van der Waals surface area (Å²) in [4.78, 5) is 12.6. The Balaban J connectivity index is 3.85. The average molecular weight is 212 g/mol. The summed E-state index contributed by atoms with van der Waals surface area (Å²) >= 11 is 0. The number of hydrogen-bond donors (Lipinski definition) is 0. The molecule has 0 aromatic carbocycles. The van der Waals surface area contributed by atoms with Crippen molar-refractivity contribution in [2.45, 2.75) is 53.4 Å². The highest BCUT2D eigenvalue weighted by Crippen LogP contribution is 2.10. The number of carbonyl (C=O) groups excluding carboxylic acids is 1. The lowest BCUT2D eigenvalue weighted by molar-refractivity contribution is 0.279. The van der Waals surface area contributed by atoms with Gasteiger partial charge in [-0.3, -0.25) is 4.79 Å². The zero-order valence-electron chi connectivity index (χ0n) is 10.8. The monoisotopic (exact) mass is 212 g/mol. The van der Waals surface area contributed by atoms with Gasteiger partial charge in [0, 0.05) is 13.1 Å². The van der Waals surface area contributed by atoms with Crippen LogP contribution in [0.15, 0.2) is 0 Å². The molecular formula is C13H26NO. The van der Waals surface area contributed by atoms with Crippen LogP contribution in [0.1, 0.15) is 53.4 Å². The Bertz CT molecular complexity index is 145. The second kappa shape index (κ2) is 8.75. The van der Waals surface area contributed by atoms with Crippen molar-refractivity contribution in [3.63, 3.8) is 0 Å². The molecule has 89 valence electrons. The van der Waals surface area contributed by atoms with Gasteiger partial charge < -0.3 is 4.90 Å². The molecule has 2 atom stereocenters. The van der Waals surface area contributed by atoms with Crippen molar-refractivity contribution in [3.8, 4) is 0 Å². The molecule has 2 nitrogen and oxygen atoms in total. The summed E-state index contributed by atoms with van der Waals surface area (Å²) in [5, 5.41) is 0. The van der Waals surface area contributed by atoms with Crippen LogP contribution in [-0.2, 0) is 4.79 Å². The van der Waals surface area contributed by atoms with Crippen LogP contribution in [0.2, 0.25) is 0 Å². The van der Waals surface area contributed by atoms with Crippen LogP contribution >= 0.6 is 0 Å². The summed E-state index contributed by atoms with van der Waals surface area (Å²) in [5.41, 5.74) is 0. The van der Waals surface area contributed by atoms with Crippen molar-refractivity contribution >= 4 is 6.41 Å². The molecule has 0 spiro atoms. The topological polar surface area (TPSA) is 20.3 Å². The highest BCUT2D eigenvalue weighted by molar-refractivity contribution is 5.48. The molecule has 0 aromatic rings. The van der Waals surface area contributed by atoms with Gasteiger partial charge >= 0.3 is 6.41 Å². The quantitative estimate of drug-likeness (QED) is 0.537. The molecule has 0 aliphatic rings. The molecule has 0 N–H and O–H groups in total. The van der Waals surface area contributed by atoms with E-state index in [2.05, 4.69) is 34.1 Å². The normalized spacial score (nSPS) is 14.7. The van der Waals surface area contributed by atoms with Gasteiger partial charge in [-0.25, -0.2) is 0 Å². The van der Waals surface area contributed by atoms with Gasteiger partial charge in [0.15, 0.2) is 0 Å². The molecule has 0 heterocycles. The van der Waals surface area contributed by atoms with E-state index in [-0.39, 0.29) is 0 Å². The maximum absolute atomic E-state index is 10.8. The van der Waals surface area contributed by atoms with Gasteiger partial charge in [-0.15, -0.1) is 0 Å². The molecular weight excluding hydrogens is 186 g/mol. The van der Waals surface area contributed by atoms with Crippen LogP contribution in [0.5, 0.6) is 0 Å². The molecule has 0 bridgehead atoms. The molecule has 0 aliphatic heterocycles. The van der Waals surface area contributed by atoms with E-state index in [4.69, 9.17) is 0 Å². The molecule has 0 saturated heterocycles. The molecule has 0 rings (SSSR count). The van der Waals surface area contributed by atoms with Crippen LogP contribution < -0.4 is 0 Å². The first kappa shape index (κ1) is 14.5. The van der Waals surface area contributed by atoms with Gasteiger partial charge in [-0.05, 0) is 24.7 Å². The molecule has 2 heteroatoms. The summed E-state index contributed by atoms with van der Waals surface area (Å²) in [7, 11) is 0. The minimum absolute atomic E-state index is 0.602. The fourth-order valence-corrected chi connectivity index (χ4v) is 2.07. The smallest absolute Gasteiger partial charge is 0.312 e. The molecule has 2 unspecified atom stereocenters. The lowest BCUT2D eigenvalue weighted by Gasteiger charge is -2.23. The highest BCUT2D eigenvalue weighted by atomic mass is 16.1. The lowest BCUT2D eigenvalue weighted by atomic mass is 10.0. The Morgan fingerprint density at radius 2 is 1.40 bits per heavy atom. The van der Waals surface area contributed by atoms with Crippen molar-refractivity contribution in [2.24, 2.45) is 11.8 Å². The van der Waals surface area contributed by atoms with E-state index < -0.39 is 0 Å². The minimum atomic E-state index is 0.602. The van der Waals surface area contributed by atoms with Crippen molar-refractivity contribution in [3.05, 3.63) is 0 Å². The van der Waals surface area contributed by atoms with Crippen LogP contribution in [0.4, 0.5) is 0 Å². The lowest BCUT2D eigenvalue weighted by Crippen LogP contribution is -2.31. The number of rotatable bonds is 9. The third kappa shape index (κ3) is 7.40. The number of amides is 1. The van der Waals surface area contributed by atoms with Gasteiger partial charge in [-0.1, -0.05) is 40.5 Å². The first-order valence-electron chi connectivity index (χ1n) is 6.26. The van der Waals surface area contributed by atoms with Crippen molar-refractivity contribution in [2.75, 3.05) is 13.1 Å².